The molecule has 0 aliphatic carbocycles. The number of hydrogen-bond donors (Lipinski definition) is 0. The molecule has 0 amide bonds. The summed E-state index contributed by atoms with van der Waals surface area (Å²) in [6, 6.07) is 0. The first-order chi connectivity index (χ1) is 9.68. The van der Waals surface area contributed by atoms with Crippen LogP contribution in [0.1, 0.15) is 0 Å². The van der Waals surface area contributed by atoms with Crippen LogP contribution in [0, 0.1) is 0 Å². The highest BCUT2D eigenvalue weighted by molar-refractivity contribution is 6.64. The van der Waals surface area contributed by atoms with Crippen molar-refractivity contribution in [3.05, 3.63) is 0 Å². The Morgan fingerprint density at radius 2 is 0.696 bits per heavy atom. The van der Waals surface area contributed by atoms with Crippen LogP contribution in [-0.2, 0) is 8.85 Å². The molecule has 140 valence electrons. The van der Waals surface area contributed by atoms with Gasteiger partial charge in [-0.3, -0.25) is 0 Å². The van der Waals surface area contributed by atoms with E-state index in [2.05, 4.69) is 8.85 Å². The summed E-state index contributed by atoms with van der Waals surface area (Å²) in [5, 5.41) is 0. The maximum atomic E-state index is 12.2. The van der Waals surface area contributed by atoms with Gasteiger partial charge in [0.05, 0.1) is 0 Å². The van der Waals surface area contributed by atoms with Crippen molar-refractivity contribution < 1.29 is 61.5 Å². The predicted molar refractivity (Wildman–Crippen MR) is 51.4 cm³/mol. The molecule has 0 atom stereocenters. The second-order valence-electron chi connectivity index (χ2n) is 4.56. The van der Waals surface area contributed by atoms with Crippen molar-refractivity contribution in [2.45, 2.75) is 50.0 Å². The number of hydrogen-bond acceptors (Lipinski definition) is 2. The average molecular weight is 392 g/mol. The first kappa shape index (κ1) is 22.3. The van der Waals surface area contributed by atoms with Gasteiger partial charge >= 0.3 is 33.3 Å². The van der Waals surface area contributed by atoms with Crippen LogP contribution in [0.3, 0.4) is 0 Å². The molecule has 2 nitrogen and oxygen atoms in total. The standard InChI is InChI=1S/C8H8F12O2Si/c1-23(2,21-3(5(9,10)11)6(12,13)14)22-4(7(15,16)17)8(18,19)20/h3-4H,1-2H3. The summed E-state index contributed by atoms with van der Waals surface area (Å²) in [6.07, 6.45) is -33.5. The largest absolute Gasteiger partial charge is 0.422 e. The molecule has 0 saturated heterocycles. The van der Waals surface area contributed by atoms with E-state index in [0.29, 0.717) is 0 Å². The third kappa shape index (κ3) is 7.15. The lowest BCUT2D eigenvalue weighted by molar-refractivity contribution is -0.320. The van der Waals surface area contributed by atoms with Gasteiger partial charge in [-0.15, -0.1) is 0 Å². The zero-order chi connectivity index (χ0) is 19.1. The van der Waals surface area contributed by atoms with Gasteiger partial charge in [0.2, 0.25) is 12.2 Å². The predicted octanol–water partition coefficient (Wildman–Crippen LogP) is 4.71. The molecule has 0 spiro atoms. The Balaban J connectivity index is 5.47. The summed E-state index contributed by atoms with van der Waals surface area (Å²) >= 11 is 0. The molecular formula is C8H8F12O2Si. The lowest BCUT2D eigenvalue weighted by Gasteiger charge is -2.34. The lowest BCUT2D eigenvalue weighted by Crippen LogP contribution is -2.56. The maximum Gasteiger partial charge on any atom is 0.422 e. The van der Waals surface area contributed by atoms with Crippen molar-refractivity contribution in [1.29, 1.82) is 0 Å². The highest BCUT2D eigenvalue weighted by atomic mass is 28.4. The van der Waals surface area contributed by atoms with Gasteiger partial charge in [-0.1, -0.05) is 0 Å². The fourth-order valence-corrected chi connectivity index (χ4v) is 2.96. The lowest BCUT2D eigenvalue weighted by atomic mass is 10.3. The van der Waals surface area contributed by atoms with Crippen molar-refractivity contribution in [2.24, 2.45) is 0 Å². The molecule has 15 heteroatoms. The van der Waals surface area contributed by atoms with E-state index >= 15 is 0 Å². The van der Waals surface area contributed by atoms with Gasteiger partial charge in [-0.2, -0.15) is 52.7 Å². The van der Waals surface area contributed by atoms with Gasteiger partial charge in [0.15, 0.2) is 0 Å². The monoisotopic (exact) mass is 392 g/mol. The Kier molecular flexibility index (Phi) is 6.11. The van der Waals surface area contributed by atoms with E-state index in [0.717, 1.165) is 0 Å². The van der Waals surface area contributed by atoms with Crippen LogP contribution in [0.4, 0.5) is 52.7 Å². The molecule has 0 aromatic rings. The zero-order valence-corrected chi connectivity index (χ0v) is 12.0. The highest BCUT2D eigenvalue weighted by Crippen LogP contribution is 2.41. The Morgan fingerprint density at radius 3 is 0.826 bits per heavy atom. The van der Waals surface area contributed by atoms with E-state index in [1.807, 2.05) is 0 Å². The Morgan fingerprint density at radius 1 is 0.522 bits per heavy atom. The molecule has 0 radical (unpaired) electrons. The van der Waals surface area contributed by atoms with Crippen molar-refractivity contribution in [3.8, 4) is 0 Å². The van der Waals surface area contributed by atoms with E-state index in [9.17, 15) is 52.7 Å². The third-order valence-corrected chi connectivity index (χ3v) is 3.60. The molecule has 0 unspecified atom stereocenters. The normalized spacial score (nSPS) is 15.7. The van der Waals surface area contributed by atoms with Crippen LogP contribution in [0.2, 0.25) is 13.1 Å². The maximum absolute atomic E-state index is 12.2. The Labute approximate surface area is 121 Å². The summed E-state index contributed by atoms with van der Waals surface area (Å²) in [5.74, 6) is 0. The van der Waals surface area contributed by atoms with Crippen LogP contribution in [0.15, 0.2) is 0 Å². The van der Waals surface area contributed by atoms with Crippen LogP contribution < -0.4 is 0 Å². The van der Waals surface area contributed by atoms with Gasteiger partial charge in [0.25, 0.3) is 0 Å². The van der Waals surface area contributed by atoms with Crippen molar-refractivity contribution in [3.63, 3.8) is 0 Å². The smallest absolute Gasteiger partial charge is 0.375 e. The topological polar surface area (TPSA) is 18.5 Å². The van der Waals surface area contributed by atoms with Crippen molar-refractivity contribution in [2.75, 3.05) is 0 Å². The van der Waals surface area contributed by atoms with Crippen LogP contribution >= 0.6 is 0 Å². The second-order valence-corrected chi connectivity index (χ2v) is 7.83. The van der Waals surface area contributed by atoms with E-state index in [1.165, 1.54) is 0 Å². The van der Waals surface area contributed by atoms with Gasteiger partial charge in [0.1, 0.15) is 0 Å². The minimum Gasteiger partial charge on any atom is -0.375 e. The molecule has 23 heavy (non-hydrogen) atoms. The molecule has 0 aromatic heterocycles. The Hall–Kier alpha value is -0.703. The molecule has 0 fully saturated rings. The van der Waals surface area contributed by atoms with Gasteiger partial charge in [-0.05, 0) is 13.1 Å². The summed E-state index contributed by atoms with van der Waals surface area (Å²) in [4.78, 5) is 0. The molecule has 0 rings (SSSR count). The minimum atomic E-state index is -6.10. The molecule has 0 bridgehead atoms. The summed E-state index contributed by atoms with van der Waals surface area (Å²) in [7, 11) is -5.15. The fraction of sp³-hybridized carbons (Fsp3) is 1.00. The van der Waals surface area contributed by atoms with E-state index in [1.54, 1.807) is 0 Å². The van der Waals surface area contributed by atoms with E-state index in [4.69, 9.17) is 0 Å². The molecule has 0 aromatic carbocycles. The third-order valence-electron chi connectivity index (χ3n) is 1.99. The first-order valence-corrected chi connectivity index (χ1v) is 8.12. The molecule has 0 aliphatic rings. The SMILES string of the molecule is C[Si](C)(OC(C(F)(F)F)C(F)(F)F)OC(C(F)(F)F)C(F)(F)F. The van der Waals surface area contributed by atoms with Crippen molar-refractivity contribution >= 4 is 8.56 Å². The molecule has 0 heterocycles. The molecule has 0 saturated carbocycles. The molecular weight excluding hydrogens is 384 g/mol. The van der Waals surface area contributed by atoms with Crippen LogP contribution in [0.25, 0.3) is 0 Å². The zero-order valence-electron chi connectivity index (χ0n) is 11.0. The van der Waals surface area contributed by atoms with E-state index in [-0.39, 0.29) is 13.1 Å². The summed E-state index contributed by atoms with van der Waals surface area (Å²) in [5.41, 5.74) is 0. The minimum absolute atomic E-state index is 0.196. The number of halogens is 12. The highest BCUT2D eigenvalue weighted by Gasteiger charge is 2.63. The Bertz CT molecular complexity index is 328. The van der Waals surface area contributed by atoms with Gasteiger partial charge < -0.3 is 8.85 Å². The summed E-state index contributed by atoms with van der Waals surface area (Å²) < 4.78 is 154. The van der Waals surface area contributed by atoms with Gasteiger partial charge in [0, 0.05) is 0 Å². The van der Waals surface area contributed by atoms with E-state index < -0.39 is 45.5 Å². The fourth-order valence-electron chi connectivity index (χ4n) is 1.23. The first-order valence-electron chi connectivity index (χ1n) is 5.30. The molecule has 0 N–H and O–H groups in total. The summed E-state index contributed by atoms with van der Waals surface area (Å²) in [6.45, 7) is 0.393. The van der Waals surface area contributed by atoms with Crippen LogP contribution in [0.5, 0.6) is 0 Å². The van der Waals surface area contributed by atoms with Crippen molar-refractivity contribution in [1.82, 2.24) is 0 Å². The average Bonchev–Trinajstić information content (AvgIpc) is 2.16. The van der Waals surface area contributed by atoms with Crippen LogP contribution in [-0.4, -0.2) is 45.5 Å². The second kappa shape index (κ2) is 6.31. The van der Waals surface area contributed by atoms with Gasteiger partial charge in [-0.25, -0.2) is 0 Å². The molecule has 0 aliphatic heterocycles. The quantitative estimate of drug-likeness (QED) is 0.510. The number of alkyl halides is 12. The number of rotatable bonds is 4.